The van der Waals surface area contributed by atoms with Crippen LogP contribution in [0.4, 0.5) is 0 Å². The fourth-order valence-electron chi connectivity index (χ4n) is 1.04. The zero-order valence-electron chi connectivity index (χ0n) is 8.02. The molecule has 0 spiro atoms. The molecule has 4 heteroatoms. The van der Waals surface area contributed by atoms with Crippen LogP contribution in [0.3, 0.4) is 0 Å². The summed E-state index contributed by atoms with van der Waals surface area (Å²) >= 11 is 5.81. The highest BCUT2D eigenvalue weighted by atomic mass is 35.5. The van der Waals surface area contributed by atoms with E-state index in [1.165, 1.54) is 6.08 Å². The van der Waals surface area contributed by atoms with Crippen molar-refractivity contribution in [1.29, 1.82) is 0 Å². The van der Waals surface area contributed by atoms with Gasteiger partial charge in [-0.1, -0.05) is 42.5 Å². The number of esters is 1. The second kappa shape index (κ2) is 5.53. The molecule has 0 saturated heterocycles. The third-order valence-electron chi connectivity index (χ3n) is 1.77. The quantitative estimate of drug-likeness (QED) is 0.632. The summed E-state index contributed by atoms with van der Waals surface area (Å²) in [5.41, 5.74) is 0.341. The molecule has 1 aromatic rings. The molecule has 0 aliphatic carbocycles. The van der Waals surface area contributed by atoms with Gasteiger partial charge in [0.1, 0.15) is 6.61 Å². The average Bonchev–Trinajstić information content (AvgIpc) is 2.25. The molecule has 80 valence electrons. The second-order valence-electron chi connectivity index (χ2n) is 2.84. The molecule has 15 heavy (non-hydrogen) atoms. The van der Waals surface area contributed by atoms with E-state index in [-0.39, 0.29) is 6.61 Å². The molecular weight excluding hydrogens is 216 g/mol. The number of aliphatic hydroxyl groups is 1. The minimum absolute atomic E-state index is 0.0698. The number of hydrogen-bond acceptors (Lipinski definition) is 3. The first-order chi connectivity index (χ1) is 7.16. The molecule has 0 bridgehead atoms. The number of aliphatic hydroxyl groups excluding tert-OH is 1. The molecule has 0 heterocycles. The Hall–Kier alpha value is -1.32. The van der Waals surface area contributed by atoms with E-state index in [1.54, 1.807) is 24.3 Å². The molecule has 1 unspecified atom stereocenters. The Morgan fingerprint density at radius 3 is 2.87 bits per heavy atom. The van der Waals surface area contributed by atoms with Crippen molar-refractivity contribution in [1.82, 2.24) is 0 Å². The molecule has 0 aromatic heterocycles. The van der Waals surface area contributed by atoms with Crippen molar-refractivity contribution in [3.63, 3.8) is 0 Å². The van der Waals surface area contributed by atoms with Crippen molar-refractivity contribution < 1.29 is 14.6 Å². The lowest BCUT2D eigenvalue weighted by Crippen LogP contribution is -2.15. The van der Waals surface area contributed by atoms with Crippen LogP contribution in [0.1, 0.15) is 11.7 Å². The van der Waals surface area contributed by atoms with Gasteiger partial charge in [-0.05, 0) is 6.07 Å². The molecule has 0 radical (unpaired) electrons. The van der Waals surface area contributed by atoms with Crippen LogP contribution < -0.4 is 0 Å². The SMILES string of the molecule is C=CCOC(=O)C(O)c1ccccc1Cl. The average molecular weight is 227 g/mol. The summed E-state index contributed by atoms with van der Waals surface area (Å²) in [4.78, 5) is 11.3. The Kier molecular flexibility index (Phi) is 4.34. The van der Waals surface area contributed by atoms with Gasteiger partial charge in [-0.3, -0.25) is 0 Å². The van der Waals surface area contributed by atoms with Gasteiger partial charge < -0.3 is 9.84 Å². The van der Waals surface area contributed by atoms with Gasteiger partial charge in [-0.15, -0.1) is 0 Å². The maximum atomic E-state index is 11.3. The van der Waals surface area contributed by atoms with E-state index >= 15 is 0 Å². The molecule has 1 rings (SSSR count). The lowest BCUT2D eigenvalue weighted by molar-refractivity contribution is -0.152. The molecular formula is C11H11ClO3. The third-order valence-corrected chi connectivity index (χ3v) is 2.11. The lowest BCUT2D eigenvalue weighted by Gasteiger charge is -2.10. The van der Waals surface area contributed by atoms with E-state index in [2.05, 4.69) is 6.58 Å². The normalized spacial score (nSPS) is 11.9. The van der Waals surface area contributed by atoms with Gasteiger partial charge in [0.25, 0.3) is 0 Å². The van der Waals surface area contributed by atoms with Crippen molar-refractivity contribution >= 4 is 17.6 Å². The maximum Gasteiger partial charge on any atom is 0.340 e. The fraction of sp³-hybridized carbons (Fsp3) is 0.182. The standard InChI is InChI=1S/C11H11ClO3/c1-2-7-15-11(14)10(13)8-5-3-4-6-9(8)12/h2-6,10,13H,1,7H2. The minimum atomic E-state index is -1.35. The molecule has 1 atom stereocenters. The Labute approximate surface area is 92.9 Å². The second-order valence-corrected chi connectivity index (χ2v) is 3.25. The van der Waals surface area contributed by atoms with Crippen LogP contribution in [-0.4, -0.2) is 17.7 Å². The van der Waals surface area contributed by atoms with E-state index in [1.807, 2.05) is 0 Å². The minimum Gasteiger partial charge on any atom is -0.459 e. The van der Waals surface area contributed by atoms with E-state index in [0.29, 0.717) is 10.6 Å². The first-order valence-electron chi connectivity index (χ1n) is 4.37. The first-order valence-corrected chi connectivity index (χ1v) is 4.74. The van der Waals surface area contributed by atoms with Gasteiger partial charge in [0.2, 0.25) is 0 Å². The van der Waals surface area contributed by atoms with Crippen molar-refractivity contribution in [3.8, 4) is 0 Å². The number of hydrogen-bond donors (Lipinski definition) is 1. The highest BCUT2D eigenvalue weighted by molar-refractivity contribution is 6.31. The van der Waals surface area contributed by atoms with Crippen LogP contribution in [-0.2, 0) is 9.53 Å². The summed E-state index contributed by atoms with van der Waals surface area (Å²) in [6.45, 7) is 3.47. The number of rotatable bonds is 4. The molecule has 1 aromatic carbocycles. The van der Waals surface area contributed by atoms with E-state index < -0.39 is 12.1 Å². The van der Waals surface area contributed by atoms with Crippen LogP contribution in [0.25, 0.3) is 0 Å². The van der Waals surface area contributed by atoms with Crippen LogP contribution in [0.15, 0.2) is 36.9 Å². The number of ether oxygens (including phenoxy) is 1. The number of carbonyl (C=O) groups excluding carboxylic acids is 1. The Balaban J connectivity index is 2.76. The molecule has 1 N–H and O–H groups in total. The molecule has 0 aliphatic heterocycles. The number of benzene rings is 1. The van der Waals surface area contributed by atoms with Gasteiger partial charge in [0, 0.05) is 10.6 Å². The highest BCUT2D eigenvalue weighted by Gasteiger charge is 2.20. The van der Waals surface area contributed by atoms with Gasteiger partial charge in [0.05, 0.1) is 0 Å². The predicted octanol–water partition coefficient (Wildman–Crippen LogP) is 2.10. The van der Waals surface area contributed by atoms with Gasteiger partial charge in [0.15, 0.2) is 6.10 Å². The highest BCUT2D eigenvalue weighted by Crippen LogP contribution is 2.23. The van der Waals surface area contributed by atoms with Crippen LogP contribution in [0.5, 0.6) is 0 Å². The van der Waals surface area contributed by atoms with Crippen molar-refractivity contribution in [2.24, 2.45) is 0 Å². The van der Waals surface area contributed by atoms with Crippen molar-refractivity contribution in [2.45, 2.75) is 6.10 Å². The molecule has 0 fully saturated rings. The first kappa shape index (κ1) is 11.8. The smallest absolute Gasteiger partial charge is 0.340 e. The van der Waals surface area contributed by atoms with E-state index in [9.17, 15) is 9.90 Å². The van der Waals surface area contributed by atoms with Crippen molar-refractivity contribution in [3.05, 3.63) is 47.5 Å². The molecule has 0 saturated carbocycles. The Bertz CT molecular complexity index is 363. The van der Waals surface area contributed by atoms with Crippen molar-refractivity contribution in [2.75, 3.05) is 6.61 Å². The van der Waals surface area contributed by atoms with Crippen LogP contribution in [0, 0.1) is 0 Å². The Morgan fingerprint density at radius 1 is 1.60 bits per heavy atom. The number of halogens is 1. The molecule has 3 nitrogen and oxygen atoms in total. The maximum absolute atomic E-state index is 11.3. The molecule has 0 aliphatic rings. The molecule has 0 amide bonds. The zero-order chi connectivity index (χ0) is 11.3. The van der Waals surface area contributed by atoms with E-state index in [0.717, 1.165) is 0 Å². The number of carbonyl (C=O) groups is 1. The lowest BCUT2D eigenvalue weighted by atomic mass is 10.1. The summed E-state index contributed by atoms with van der Waals surface area (Å²) < 4.78 is 4.70. The van der Waals surface area contributed by atoms with Crippen LogP contribution in [0.2, 0.25) is 5.02 Å². The van der Waals surface area contributed by atoms with Gasteiger partial charge in [-0.25, -0.2) is 4.79 Å². The van der Waals surface area contributed by atoms with Gasteiger partial charge >= 0.3 is 5.97 Å². The third kappa shape index (κ3) is 3.08. The van der Waals surface area contributed by atoms with E-state index in [4.69, 9.17) is 16.3 Å². The topological polar surface area (TPSA) is 46.5 Å². The van der Waals surface area contributed by atoms with Gasteiger partial charge in [-0.2, -0.15) is 0 Å². The summed E-state index contributed by atoms with van der Waals surface area (Å²) in [7, 11) is 0. The largest absolute Gasteiger partial charge is 0.459 e. The zero-order valence-corrected chi connectivity index (χ0v) is 8.78. The summed E-state index contributed by atoms with van der Waals surface area (Å²) in [6.07, 6.45) is 0.0793. The predicted molar refractivity (Wildman–Crippen MR) is 57.6 cm³/mol. The summed E-state index contributed by atoms with van der Waals surface area (Å²) in [5, 5.41) is 9.94. The van der Waals surface area contributed by atoms with Crippen LogP contribution >= 0.6 is 11.6 Å². The summed E-state index contributed by atoms with van der Waals surface area (Å²) in [6, 6.07) is 6.57. The Morgan fingerprint density at radius 2 is 2.27 bits per heavy atom. The fourth-order valence-corrected chi connectivity index (χ4v) is 1.28. The monoisotopic (exact) mass is 226 g/mol. The summed E-state index contributed by atoms with van der Waals surface area (Å²) in [5.74, 6) is -0.733.